The van der Waals surface area contributed by atoms with Gasteiger partial charge in [-0.25, -0.2) is 4.98 Å². The van der Waals surface area contributed by atoms with Crippen LogP contribution in [0, 0.1) is 11.3 Å². The van der Waals surface area contributed by atoms with Crippen LogP contribution in [0.15, 0.2) is 182 Å². The summed E-state index contributed by atoms with van der Waals surface area (Å²) in [4.78, 5) is 5.04. The Morgan fingerprint density at radius 3 is 1.89 bits per heavy atom. The molecule has 0 saturated carbocycles. The average molecular weight is 687 g/mol. The zero-order valence-corrected chi connectivity index (χ0v) is 29.1. The molecule has 11 aromatic rings. The molecule has 8 aromatic carbocycles. The van der Waals surface area contributed by atoms with Crippen LogP contribution in [0.4, 0.5) is 0 Å². The number of pyridine rings is 1. The normalized spacial score (nSPS) is 11.7. The Hall–Kier alpha value is -7.48. The molecule has 0 N–H and O–H groups in total. The van der Waals surface area contributed by atoms with Crippen LogP contribution in [0.2, 0.25) is 0 Å². The molecule has 0 spiro atoms. The number of hydrogen-bond donors (Lipinski definition) is 0. The van der Waals surface area contributed by atoms with Crippen LogP contribution in [0.5, 0.6) is 0 Å². The van der Waals surface area contributed by atoms with Crippen LogP contribution in [0.3, 0.4) is 0 Å². The van der Waals surface area contributed by atoms with Crippen molar-refractivity contribution in [2.24, 2.45) is 0 Å². The first-order chi connectivity index (χ1) is 26.8. The predicted octanol–water partition coefficient (Wildman–Crippen LogP) is 12.8. The fourth-order valence-corrected chi connectivity index (χ4v) is 8.62. The topological polar surface area (TPSA) is 46.5 Å². The third-order valence-electron chi connectivity index (χ3n) is 11.0. The van der Waals surface area contributed by atoms with Crippen molar-refractivity contribution in [2.45, 2.75) is 0 Å². The monoisotopic (exact) mass is 686 g/mol. The van der Waals surface area contributed by atoms with E-state index in [0.717, 1.165) is 55.3 Å². The molecule has 250 valence electrons. The maximum atomic E-state index is 10.1. The number of hydrogen-bond acceptors (Lipinski definition) is 2. The maximum Gasteiger partial charge on any atom is 0.0999 e. The molecule has 3 heterocycles. The largest absolute Gasteiger partial charge is 0.309 e. The van der Waals surface area contributed by atoms with Gasteiger partial charge in [0, 0.05) is 43.6 Å². The van der Waals surface area contributed by atoms with Crippen molar-refractivity contribution in [3.8, 4) is 39.8 Å². The van der Waals surface area contributed by atoms with Crippen molar-refractivity contribution in [1.29, 1.82) is 5.26 Å². The number of para-hydroxylation sites is 4. The van der Waals surface area contributed by atoms with Gasteiger partial charge in [0.25, 0.3) is 0 Å². The van der Waals surface area contributed by atoms with E-state index in [2.05, 4.69) is 167 Å². The highest BCUT2D eigenvalue weighted by molar-refractivity contribution is 6.18. The van der Waals surface area contributed by atoms with Crippen molar-refractivity contribution in [3.63, 3.8) is 0 Å². The first-order valence-electron chi connectivity index (χ1n) is 18.2. The third-order valence-corrected chi connectivity index (χ3v) is 11.0. The number of rotatable bonds is 4. The number of nitrogens with zero attached hydrogens (tertiary/aromatic N) is 4. The Labute approximate surface area is 311 Å². The van der Waals surface area contributed by atoms with E-state index >= 15 is 0 Å². The van der Waals surface area contributed by atoms with E-state index in [9.17, 15) is 5.26 Å². The van der Waals surface area contributed by atoms with Crippen molar-refractivity contribution in [1.82, 2.24) is 14.1 Å². The van der Waals surface area contributed by atoms with Gasteiger partial charge >= 0.3 is 0 Å². The number of nitriles is 1. The zero-order valence-electron chi connectivity index (χ0n) is 29.1. The summed E-state index contributed by atoms with van der Waals surface area (Å²) in [5, 5.41) is 18.0. The van der Waals surface area contributed by atoms with E-state index in [1.807, 2.05) is 30.3 Å². The lowest BCUT2D eigenvalue weighted by atomic mass is 9.97. The second-order valence-corrected chi connectivity index (χ2v) is 13.8. The number of fused-ring (bicyclic) bond motifs is 8. The second kappa shape index (κ2) is 11.8. The molecule has 0 aliphatic heterocycles. The molecular formula is C50H30N4. The molecule has 4 heteroatoms. The molecule has 0 bridgehead atoms. The molecular weight excluding hydrogens is 657 g/mol. The molecule has 0 amide bonds. The minimum atomic E-state index is 0.626. The van der Waals surface area contributed by atoms with E-state index in [4.69, 9.17) is 4.98 Å². The highest BCUT2D eigenvalue weighted by Crippen LogP contribution is 2.43. The lowest BCUT2D eigenvalue weighted by Gasteiger charge is -2.15. The Bertz CT molecular complexity index is 3340. The van der Waals surface area contributed by atoms with Gasteiger partial charge in [0.1, 0.15) is 0 Å². The van der Waals surface area contributed by atoms with Crippen molar-refractivity contribution in [2.75, 3.05) is 0 Å². The quantitative estimate of drug-likeness (QED) is 0.185. The third kappa shape index (κ3) is 4.39. The van der Waals surface area contributed by atoms with Crippen LogP contribution >= 0.6 is 0 Å². The Morgan fingerprint density at radius 1 is 0.426 bits per heavy atom. The molecule has 0 fully saturated rings. The first-order valence-corrected chi connectivity index (χ1v) is 18.2. The minimum absolute atomic E-state index is 0.626. The van der Waals surface area contributed by atoms with E-state index in [1.165, 1.54) is 43.7 Å². The van der Waals surface area contributed by atoms with Gasteiger partial charge in [-0.15, -0.1) is 0 Å². The summed E-state index contributed by atoms with van der Waals surface area (Å²) in [6.07, 6.45) is 0. The van der Waals surface area contributed by atoms with Crippen LogP contribution in [-0.2, 0) is 0 Å². The summed E-state index contributed by atoms with van der Waals surface area (Å²) >= 11 is 0. The maximum absolute atomic E-state index is 10.1. The molecule has 4 nitrogen and oxygen atoms in total. The second-order valence-electron chi connectivity index (χ2n) is 13.8. The Morgan fingerprint density at radius 2 is 1.07 bits per heavy atom. The van der Waals surface area contributed by atoms with Gasteiger partial charge < -0.3 is 9.13 Å². The summed E-state index contributed by atoms with van der Waals surface area (Å²) in [6, 6.07) is 66.8. The van der Waals surface area contributed by atoms with Gasteiger partial charge in [-0.3, -0.25) is 0 Å². The van der Waals surface area contributed by atoms with Gasteiger partial charge in [0.15, 0.2) is 0 Å². The van der Waals surface area contributed by atoms with Gasteiger partial charge in [0.2, 0.25) is 0 Å². The molecule has 0 saturated heterocycles. The highest BCUT2D eigenvalue weighted by atomic mass is 15.0. The van der Waals surface area contributed by atoms with Crippen LogP contribution in [0.25, 0.3) is 99.0 Å². The molecule has 0 aliphatic carbocycles. The molecule has 0 unspecified atom stereocenters. The molecule has 0 aliphatic rings. The van der Waals surface area contributed by atoms with E-state index in [-0.39, 0.29) is 0 Å². The van der Waals surface area contributed by atoms with Crippen LogP contribution in [0.1, 0.15) is 5.56 Å². The van der Waals surface area contributed by atoms with E-state index < -0.39 is 0 Å². The molecule has 3 aromatic heterocycles. The van der Waals surface area contributed by atoms with Gasteiger partial charge in [-0.1, -0.05) is 127 Å². The van der Waals surface area contributed by atoms with E-state index in [1.54, 1.807) is 0 Å². The summed E-state index contributed by atoms with van der Waals surface area (Å²) in [7, 11) is 0. The summed E-state index contributed by atoms with van der Waals surface area (Å²) in [6.45, 7) is 0. The predicted molar refractivity (Wildman–Crippen MR) is 224 cm³/mol. The van der Waals surface area contributed by atoms with Crippen LogP contribution in [-0.4, -0.2) is 14.1 Å². The average Bonchev–Trinajstić information content (AvgIpc) is 3.76. The van der Waals surface area contributed by atoms with Crippen LogP contribution < -0.4 is 0 Å². The van der Waals surface area contributed by atoms with Gasteiger partial charge in [0.05, 0.1) is 50.6 Å². The van der Waals surface area contributed by atoms with Crippen molar-refractivity contribution in [3.05, 3.63) is 188 Å². The Kier molecular flexibility index (Phi) is 6.58. The standard InChI is InChI=1S/C50H30N4/c51-31-33-29-44(52-43-21-9-6-15-35(33)43)38-27-28-47(39-17-5-4-16-37(38)39)54-46-23-11-8-19-42(46)50-36(20-12-24-48(50)54)32-25-26-41-40-18-7-10-22-45(40)53(49(41)30-32)34-13-2-1-3-14-34/h1-30H. The summed E-state index contributed by atoms with van der Waals surface area (Å²) in [5.41, 5.74) is 12.5. The van der Waals surface area contributed by atoms with Gasteiger partial charge in [-0.2, -0.15) is 5.26 Å². The summed E-state index contributed by atoms with van der Waals surface area (Å²) < 4.78 is 4.80. The van der Waals surface area contributed by atoms with Crippen molar-refractivity contribution < 1.29 is 0 Å². The number of benzene rings is 8. The van der Waals surface area contributed by atoms with E-state index in [0.29, 0.717) is 5.56 Å². The fourth-order valence-electron chi connectivity index (χ4n) is 8.62. The zero-order chi connectivity index (χ0) is 35.8. The fraction of sp³-hybridized carbons (Fsp3) is 0. The molecule has 0 radical (unpaired) electrons. The van der Waals surface area contributed by atoms with Crippen molar-refractivity contribution >= 4 is 65.3 Å². The SMILES string of the molecule is N#Cc1cc(-c2ccc(-n3c4ccccc4c4c(-c5ccc6c7ccccc7n(-c7ccccc7)c6c5)cccc43)c3ccccc23)nc2ccccc12. The Balaban J connectivity index is 1.15. The molecule has 11 rings (SSSR count). The lowest BCUT2D eigenvalue weighted by Crippen LogP contribution is -1.97. The first kappa shape index (κ1) is 30.2. The summed E-state index contributed by atoms with van der Waals surface area (Å²) in [5.74, 6) is 0. The highest BCUT2D eigenvalue weighted by Gasteiger charge is 2.20. The minimum Gasteiger partial charge on any atom is -0.309 e. The smallest absolute Gasteiger partial charge is 0.0999 e. The molecule has 0 atom stereocenters. The molecule has 54 heavy (non-hydrogen) atoms. The number of aromatic nitrogens is 3. The van der Waals surface area contributed by atoms with Gasteiger partial charge in [-0.05, 0) is 71.1 Å². The lowest BCUT2D eigenvalue weighted by molar-refractivity contribution is 1.18.